The van der Waals surface area contributed by atoms with Crippen molar-refractivity contribution in [3.63, 3.8) is 0 Å². The highest BCUT2D eigenvalue weighted by atomic mass is 16.1. The maximum atomic E-state index is 11.6. The maximum absolute atomic E-state index is 11.6. The molecule has 21 heavy (non-hydrogen) atoms. The quantitative estimate of drug-likeness (QED) is 0.772. The summed E-state index contributed by atoms with van der Waals surface area (Å²) in [5, 5.41) is 0. The molecule has 3 aromatic rings. The molecule has 1 amide bonds. The number of pyridine rings is 1. The summed E-state index contributed by atoms with van der Waals surface area (Å²) in [7, 11) is 0. The Hall–Kier alpha value is -2.88. The van der Waals surface area contributed by atoms with Crippen molar-refractivity contribution in [3.8, 4) is 22.4 Å². The SMILES string of the molecule is Cc1cc(-c2cnccc2C(N)=O)c(-c2ccccc2)[nH]1. The van der Waals surface area contributed by atoms with Crippen molar-refractivity contribution in [2.45, 2.75) is 6.92 Å². The van der Waals surface area contributed by atoms with Crippen molar-refractivity contribution in [2.75, 3.05) is 0 Å². The van der Waals surface area contributed by atoms with Crippen molar-refractivity contribution in [1.29, 1.82) is 0 Å². The number of benzene rings is 1. The van der Waals surface area contributed by atoms with Gasteiger partial charge in [-0.25, -0.2) is 0 Å². The van der Waals surface area contributed by atoms with Gasteiger partial charge >= 0.3 is 0 Å². The summed E-state index contributed by atoms with van der Waals surface area (Å²) < 4.78 is 0. The Bertz CT molecular complexity index is 791. The molecule has 2 heterocycles. The molecule has 3 rings (SSSR count). The monoisotopic (exact) mass is 277 g/mol. The van der Waals surface area contributed by atoms with Gasteiger partial charge in [0.2, 0.25) is 5.91 Å². The Labute approximate surface area is 122 Å². The first-order valence-corrected chi connectivity index (χ1v) is 6.66. The van der Waals surface area contributed by atoms with E-state index in [1.807, 2.05) is 43.3 Å². The van der Waals surface area contributed by atoms with Crippen LogP contribution < -0.4 is 5.73 Å². The third-order valence-corrected chi connectivity index (χ3v) is 3.39. The van der Waals surface area contributed by atoms with Crippen LogP contribution in [0.3, 0.4) is 0 Å². The molecule has 0 spiro atoms. The van der Waals surface area contributed by atoms with Gasteiger partial charge < -0.3 is 10.7 Å². The van der Waals surface area contributed by atoms with Gasteiger partial charge in [0.05, 0.1) is 11.3 Å². The average molecular weight is 277 g/mol. The second-order valence-electron chi connectivity index (χ2n) is 4.89. The maximum Gasteiger partial charge on any atom is 0.249 e. The minimum Gasteiger partial charge on any atom is -0.366 e. The minimum atomic E-state index is -0.453. The van der Waals surface area contributed by atoms with Gasteiger partial charge in [0, 0.05) is 29.2 Å². The largest absolute Gasteiger partial charge is 0.366 e. The van der Waals surface area contributed by atoms with E-state index in [1.165, 1.54) is 0 Å². The molecule has 3 N–H and O–H groups in total. The number of amides is 1. The van der Waals surface area contributed by atoms with E-state index < -0.39 is 5.91 Å². The second kappa shape index (κ2) is 5.25. The highest BCUT2D eigenvalue weighted by Crippen LogP contribution is 2.33. The van der Waals surface area contributed by atoms with Gasteiger partial charge in [0.15, 0.2) is 0 Å². The summed E-state index contributed by atoms with van der Waals surface area (Å²) >= 11 is 0. The molecule has 4 nitrogen and oxygen atoms in total. The number of H-pyrrole nitrogens is 1. The van der Waals surface area contributed by atoms with Crippen LogP contribution in [0.5, 0.6) is 0 Å². The fraction of sp³-hybridized carbons (Fsp3) is 0.0588. The lowest BCUT2D eigenvalue weighted by Gasteiger charge is -2.07. The van der Waals surface area contributed by atoms with Crippen LogP contribution in [-0.4, -0.2) is 15.9 Å². The molecule has 0 aliphatic rings. The molecule has 0 saturated carbocycles. The van der Waals surface area contributed by atoms with Crippen molar-refractivity contribution >= 4 is 5.91 Å². The third kappa shape index (κ3) is 2.43. The normalized spacial score (nSPS) is 10.5. The lowest BCUT2D eigenvalue weighted by Crippen LogP contribution is -2.12. The summed E-state index contributed by atoms with van der Waals surface area (Å²) in [6, 6.07) is 13.6. The summed E-state index contributed by atoms with van der Waals surface area (Å²) in [6.07, 6.45) is 3.25. The Morgan fingerprint density at radius 2 is 1.90 bits per heavy atom. The Kier molecular flexibility index (Phi) is 3.28. The van der Waals surface area contributed by atoms with E-state index in [2.05, 4.69) is 9.97 Å². The van der Waals surface area contributed by atoms with Gasteiger partial charge in [-0.2, -0.15) is 0 Å². The number of rotatable bonds is 3. The molecule has 0 bridgehead atoms. The number of aromatic amines is 1. The zero-order valence-electron chi connectivity index (χ0n) is 11.6. The third-order valence-electron chi connectivity index (χ3n) is 3.39. The lowest BCUT2D eigenvalue weighted by molar-refractivity contribution is 0.100. The lowest BCUT2D eigenvalue weighted by atomic mass is 9.98. The molecule has 0 aliphatic carbocycles. The van der Waals surface area contributed by atoms with Gasteiger partial charge in [-0.1, -0.05) is 30.3 Å². The van der Waals surface area contributed by atoms with Gasteiger partial charge in [0.1, 0.15) is 0 Å². The number of hydrogen-bond donors (Lipinski definition) is 2. The van der Waals surface area contributed by atoms with Crippen LogP contribution >= 0.6 is 0 Å². The molecule has 4 heteroatoms. The second-order valence-corrected chi connectivity index (χ2v) is 4.89. The van der Waals surface area contributed by atoms with Crippen LogP contribution in [0.1, 0.15) is 16.1 Å². The van der Waals surface area contributed by atoms with Crippen molar-refractivity contribution in [2.24, 2.45) is 5.73 Å². The van der Waals surface area contributed by atoms with E-state index in [0.29, 0.717) is 5.56 Å². The zero-order chi connectivity index (χ0) is 14.8. The van der Waals surface area contributed by atoms with E-state index in [-0.39, 0.29) is 0 Å². The number of nitrogens with zero attached hydrogens (tertiary/aromatic N) is 1. The smallest absolute Gasteiger partial charge is 0.249 e. The van der Waals surface area contributed by atoms with E-state index in [9.17, 15) is 4.79 Å². The molecule has 0 fully saturated rings. The number of nitrogens with two attached hydrogens (primary N) is 1. The van der Waals surface area contributed by atoms with Crippen molar-refractivity contribution in [1.82, 2.24) is 9.97 Å². The van der Waals surface area contributed by atoms with Crippen LogP contribution in [-0.2, 0) is 0 Å². The van der Waals surface area contributed by atoms with Gasteiger partial charge in [-0.05, 0) is 24.6 Å². The fourth-order valence-corrected chi connectivity index (χ4v) is 2.46. The minimum absolute atomic E-state index is 0.453. The Morgan fingerprint density at radius 1 is 1.14 bits per heavy atom. The summed E-state index contributed by atoms with van der Waals surface area (Å²) in [5.41, 5.74) is 10.7. The number of hydrogen-bond acceptors (Lipinski definition) is 2. The highest BCUT2D eigenvalue weighted by Gasteiger charge is 2.16. The fourth-order valence-electron chi connectivity index (χ4n) is 2.46. The first-order valence-electron chi connectivity index (χ1n) is 6.66. The molecule has 0 aliphatic heterocycles. The van der Waals surface area contributed by atoms with Crippen LogP contribution in [0, 0.1) is 6.92 Å². The molecule has 104 valence electrons. The van der Waals surface area contributed by atoms with E-state index >= 15 is 0 Å². The number of aromatic nitrogens is 2. The molecule has 0 unspecified atom stereocenters. The Morgan fingerprint density at radius 3 is 2.62 bits per heavy atom. The molecule has 0 saturated heterocycles. The van der Waals surface area contributed by atoms with Gasteiger partial charge in [-0.3, -0.25) is 9.78 Å². The van der Waals surface area contributed by atoms with Gasteiger partial charge in [0.25, 0.3) is 0 Å². The summed E-state index contributed by atoms with van der Waals surface area (Å²) in [5.74, 6) is -0.453. The van der Waals surface area contributed by atoms with Crippen molar-refractivity contribution < 1.29 is 4.79 Å². The first kappa shape index (κ1) is 13.1. The molecule has 2 aromatic heterocycles. The van der Waals surface area contributed by atoms with E-state index in [4.69, 9.17) is 5.73 Å². The average Bonchev–Trinajstić information content (AvgIpc) is 2.90. The first-order chi connectivity index (χ1) is 10.2. The zero-order valence-corrected chi connectivity index (χ0v) is 11.6. The summed E-state index contributed by atoms with van der Waals surface area (Å²) in [4.78, 5) is 19.1. The number of nitrogens with one attached hydrogen (secondary N) is 1. The molecule has 0 radical (unpaired) electrons. The number of carbonyl (C=O) groups excluding carboxylic acids is 1. The number of primary amides is 1. The summed E-state index contributed by atoms with van der Waals surface area (Å²) in [6.45, 7) is 1.98. The van der Waals surface area contributed by atoms with Crippen LogP contribution in [0.4, 0.5) is 0 Å². The Balaban J connectivity index is 2.23. The van der Waals surface area contributed by atoms with Crippen molar-refractivity contribution in [3.05, 3.63) is 66.1 Å². The highest BCUT2D eigenvalue weighted by molar-refractivity contribution is 6.01. The van der Waals surface area contributed by atoms with Gasteiger partial charge in [-0.15, -0.1) is 0 Å². The van der Waals surface area contributed by atoms with E-state index in [0.717, 1.165) is 28.1 Å². The van der Waals surface area contributed by atoms with Crippen LogP contribution in [0.25, 0.3) is 22.4 Å². The predicted molar refractivity (Wildman–Crippen MR) is 82.7 cm³/mol. The number of aryl methyl sites for hydroxylation is 1. The standard InChI is InChI=1S/C17H15N3O/c1-11-9-14(15-10-19-8-7-13(15)17(18)21)16(20-11)12-5-3-2-4-6-12/h2-10,20H,1H3,(H2,18,21). The predicted octanol–water partition coefficient (Wildman–Crippen LogP) is 3.15. The van der Waals surface area contributed by atoms with Crippen LogP contribution in [0.2, 0.25) is 0 Å². The number of carbonyl (C=O) groups is 1. The molecular weight excluding hydrogens is 262 g/mol. The van der Waals surface area contributed by atoms with E-state index in [1.54, 1.807) is 18.5 Å². The molecule has 1 aromatic carbocycles. The topological polar surface area (TPSA) is 71.8 Å². The van der Waals surface area contributed by atoms with Crippen LogP contribution in [0.15, 0.2) is 54.9 Å². The molecule has 0 atom stereocenters. The molecular formula is C17H15N3O.